The Labute approximate surface area is 117 Å². The Kier molecular flexibility index (Phi) is 182. The van der Waals surface area contributed by atoms with Crippen molar-refractivity contribution in [3.8, 4) is 0 Å². The van der Waals surface area contributed by atoms with Crippen LogP contribution in [0, 0.1) is 41.7 Å². The summed E-state index contributed by atoms with van der Waals surface area (Å²) in [5, 5.41) is 0. The molecule has 0 amide bonds. The molecule has 0 unspecified atom stereocenters. The fourth-order valence-corrected chi connectivity index (χ4v) is 0. The van der Waals surface area contributed by atoms with E-state index in [0.29, 0.717) is 0 Å². The van der Waals surface area contributed by atoms with Gasteiger partial charge in [-0.15, -0.1) is 0 Å². The molecule has 0 spiro atoms. The standard InChI is InChI=1S/Ce.Cu.Mn.Nb.Ti. The maximum Gasteiger partial charge on any atom is 0 e. The van der Waals surface area contributed by atoms with Crippen molar-refractivity contribution in [3.05, 3.63) is 0 Å². The van der Waals surface area contributed by atoms with Crippen LogP contribution in [0.5, 0.6) is 0 Å². The van der Waals surface area contributed by atoms with Crippen LogP contribution in [0.3, 0.4) is 0 Å². The van der Waals surface area contributed by atoms with Gasteiger partial charge in [-0.3, -0.25) is 0 Å². The minimum atomic E-state index is 0. The first-order valence-electron chi connectivity index (χ1n) is 0. The molecule has 0 aromatic rings. The van der Waals surface area contributed by atoms with E-state index in [1.54, 1.807) is 0 Å². The summed E-state index contributed by atoms with van der Waals surface area (Å²) in [4.78, 5) is 0. The molecule has 0 aromatic heterocycles. The maximum atomic E-state index is 0. The van der Waals surface area contributed by atoms with Crippen LogP contribution in [0.1, 0.15) is 0 Å². The third-order valence-electron chi connectivity index (χ3n) is 0. The van der Waals surface area contributed by atoms with Crippen LogP contribution >= 0.6 is 0 Å². The zero-order valence-electron chi connectivity index (χ0n) is 2.13. The molecular weight excluding hydrogens is 399 g/mol. The molecule has 0 fully saturated rings. The van der Waals surface area contributed by atoms with Crippen molar-refractivity contribution in [1.29, 1.82) is 0 Å². The van der Waals surface area contributed by atoms with E-state index in [4.69, 9.17) is 0 Å². The molecule has 5 heteroatoms. The largest absolute Gasteiger partial charge is 0 e. The second-order valence-electron chi connectivity index (χ2n) is 0. The Morgan fingerprint density at radius 3 is 1.00 bits per heavy atom. The molecule has 0 heterocycles. The molecule has 0 atom stereocenters. The molecule has 0 saturated carbocycles. The van der Waals surface area contributed by atoms with Gasteiger partial charge in [-0.2, -0.15) is 0 Å². The van der Waals surface area contributed by atoms with Gasteiger partial charge in [-0.25, -0.2) is 0 Å². The summed E-state index contributed by atoms with van der Waals surface area (Å²) in [6.45, 7) is 0. The fraction of sp³-hybridized carbons (Fsp3) is 0. The molecule has 5 heavy (non-hydrogen) atoms. The van der Waals surface area contributed by atoms with Gasteiger partial charge in [0, 0.05) is 120 Å². The van der Waals surface area contributed by atoms with Crippen LogP contribution in [0.15, 0.2) is 0 Å². The summed E-state index contributed by atoms with van der Waals surface area (Å²) in [6, 6.07) is 0. The minimum Gasteiger partial charge on any atom is 0 e. The van der Waals surface area contributed by atoms with Gasteiger partial charge in [0.1, 0.15) is 0 Å². The minimum absolute atomic E-state index is 0. The van der Waals surface area contributed by atoms with Gasteiger partial charge < -0.3 is 0 Å². The summed E-state index contributed by atoms with van der Waals surface area (Å²) < 4.78 is 0. The number of hydrogen-bond donors (Lipinski definition) is 0. The second-order valence-corrected chi connectivity index (χ2v) is 0. The van der Waals surface area contributed by atoms with Gasteiger partial charge in [0.15, 0.2) is 0 Å². The van der Waals surface area contributed by atoms with Gasteiger partial charge in [-0.05, 0) is 0 Å². The van der Waals surface area contributed by atoms with Gasteiger partial charge in [0.05, 0.1) is 0 Å². The average molecular weight is 399 g/mol. The van der Waals surface area contributed by atoms with Crippen LogP contribution in [-0.4, -0.2) is 0 Å². The third kappa shape index (κ3) is 18.1. The zero-order valence-corrected chi connectivity index (χ0v) is 11.1. The first-order chi connectivity index (χ1) is 0. The Morgan fingerprint density at radius 1 is 1.00 bits per heavy atom. The molecule has 0 N–H and O–H groups in total. The average Bonchev–Trinajstić information content (AvgIpc) is 0. The maximum absolute atomic E-state index is 0. The summed E-state index contributed by atoms with van der Waals surface area (Å²) in [7, 11) is 0. The monoisotopic (exact) mass is 399 g/mol. The zero-order chi connectivity index (χ0) is 0. The molecular formula is CeCuMnNbTi. The van der Waals surface area contributed by atoms with E-state index in [0.717, 1.165) is 0 Å². The fourth-order valence-electron chi connectivity index (χ4n) is 0. The topological polar surface area (TPSA) is 0 Å². The van der Waals surface area contributed by atoms with Gasteiger partial charge >= 0.3 is 0 Å². The smallest absolute Gasteiger partial charge is 0 e. The van der Waals surface area contributed by atoms with Crippen LogP contribution in [0.25, 0.3) is 0 Å². The third-order valence-corrected chi connectivity index (χ3v) is 0. The Hall–Kier alpha value is 3.87. The normalized spacial score (nSPS) is 0. The van der Waals surface area contributed by atoms with Crippen molar-refractivity contribution in [3.63, 3.8) is 0 Å². The number of hydrogen-bond acceptors (Lipinski definition) is 0. The van der Waals surface area contributed by atoms with Gasteiger partial charge in [-0.1, -0.05) is 0 Å². The van der Waals surface area contributed by atoms with Gasteiger partial charge in [0.25, 0.3) is 0 Å². The van der Waals surface area contributed by atoms with Crippen molar-refractivity contribution in [2.75, 3.05) is 0 Å². The van der Waals surface area contributed by atoms with E-state index in [-0.39, 0.29) is 120 Å². The molecule has 0 aliphatic carbocycles. The molecule has 0 aliphatic rings. The Morgan fingerprint density at radius 2 is 1.00 bits per heavy atom. The van der Waals surface area contributed by atoms with Crippen LogP contribution in [0.4, 0.5) is 0 Å². The van der Waals surface area contributed by atoms with Crippen LogP contribution in [-0.2, 0) is 78.2 Å². The van der Waals surface area contributed by atoms with Crippen molar-refractivity contribution in [2.24, 2.45) is 0 Å². The first-order valence-corrected chi connectivity index (χ1v) is 0. The molecule has 31 valence electrons. The predicted molar refractivity (Wildman–Crippen MR) is 0 cm³/mol. The molecule has 0 aliphatic heterocycles. The molecule has 0 aromatic carbocycles. The molecule has 3 radical (unpaired) electrons. The van der Waals surface area contributed by atoms with E-state index >= 15 is 0 Å². The predicted octanol–water partition coefficient (Wildman–Crippen LogP) is -0.0100. The van der Waals surface area contributed by atoms with Gasteiger partial charge in [0.2, 0.25) is 0 Å². The first kappa shape index (κ1) is 36.7. The SMILES string of the molecule is [Ce].[Cu].[Mn].[Nb].[Ti]. The van der Waals surface area contributed by atoms with Crippen molar-refractivity contribution >= 4 is 0 Å². The Balaban J connectivity index is 0. The van der Waals surface area contributed by atoms with Crippen molar-refractivity contribution in [1.82, 2.24) is 0 Å². The molecule has 0 rings (SSSR count). The number of rotatable bonds is 0. The van der Waals surface area contributed by atoms with E-state index in [9.17, 15) is 0 Å². The molecule has 0 bridgehead atoms. The summed E-state index contributed by atoms with van der Waals surface area (Å²) >= 11 is 0. The van der Waals surface area contributed by atoms with Crippen molar-refractivity contribution in [2.45, 2.75) is 0 Å². The summed E-state index contributed by atoms with van der Waals surface area (Å²) in [5.74, 6) is 0. The summed E-state index contributed by atoms with van der Waals surface area (Å²) in [6.07, 6.45) is 0. The quantitative estimate of drug-likeness (QED) is 0.503. The second kappa shape index (κ2) is 24.8. The van der Waals surface area contributed by atoms with Crippen molar-refractivity contribution < 1.29 is 120 Å². The van der Waals surface area contributed by atoms with E-state index in [1.807, 2.05) is 0 Å². The van der Waals surface area contributed by atoms with E-state index in [2.05, 4.69) is 0 Å². The molecule has 0 saturated heterocycles. The van der Waals surface area contributed by atoms with Crippen LogP contribution in [0.2, 0.25) is 0 Å². The summed E-state index contributed by atoms with van der Waals surface area (Å²) in [5.41, 5.74) is 0. The van der Waals surface area contributed by atoms with Crippen LogP contribution < -0.4 is 0 Å². The molecule has 0 nitrogen and oxygen atoms in total. The van der Waals surface area contributed by atoms with E-state index in [1.165, 1.54) is 0 Å². The van der Waals surface area contributed by atoms with E-state index < -0.39 is 0 Å². The Bertz CT molecular complexity index is 11.6.